The Kier molecular flexibility index (Phi) is 16.2. The van der Waals surface area contributed by atoms with Crippen molar-refractivity contribution in [1.82, 2.24) is 29.9 Å². The van der Waals surface area contributed by atoms with Crippen molar-refractivity contribution in [2.24, 2.45) is 5.92 Å². The Morgan fingerprint density at radius 1 is 0.865 bits per heavy atom. The minimum Gasteiger partial charge on any atom is -0.744 e. The Hall–Kier alpha value is -3.00. The van der Waals surface area contributed by atoms with E-state index in [2.05, 4.69) is 47.1 Å². The van der Waals surface area contributed by atoms with Gasteiger partial charge in [0.1, 0.15) is 20.2 Å². The normalized spacial score (nSPS) is 18.7. The van der Waals surface area contributed by atoms with Crippen molar-refractivity contribution in [3.8, 4) is 0 Å². The first-order valence-corrected chi connectivity index (χ1v) is 17.9. The molecule has 20 nitrogen and oxygen atoms in total. The molecular formula is C28H34N12Na2O8S2. The number of nitrogens with one attached hydrogen (secondary N) is 2. The number of nitrogens with two attached hydrogens (primary N) is 2. The summed E-state index contributed by atoms with van der Waals surface area (Å²) in [6.07, 6.45) is 9.13. The fourth-order valence-corrected chi connectivity index (χ4v) is 6.15. The Bertz CT molecular complexity index is 1980. The summed E-state index contributed by atoms with van der Waals surface area (Å²) in [5.41, 5.74) is 11.7. The summed E-state index contributed by atoms with van der Waals surface area (Å²) in [5.74, 6) is -0.360. The SMILES string of the molecule is C=C(C(=C\C=C\Nc1nc(N)nc(N2CCOCC2)n1)/C=C/C1CC=C(Nc2nc(N)nc(N3CCOCC3)n2)C=C1S(=O)(=O)[O-])S(=O)(=O)[O-].[Na+].[Na+]. The molecule has 2 aliphatic heterocycles. The second kappa shape index (κ2) is 19.4. The second-order valence-electron chi connectivity index (χ2n) is 10.8. The van der Waals surface area contributed by atoms with Crippen LogP contribution in [0.1, 0.15) is 6.42 Å². The number of hydrogen-bond acceptors (Lipinski definition) is 20. The zero-order valence-electron chi connectivity index (χ0n) is 28.5. The van der Waals surface area contributed by atoms with Crippen molar-refractivity contribution >= 4 is 55.9 Å². The average molecular weight is 777 g/mol. The Morgan fingerprint density at radius 2 is 1.40 bits per heavy atom. The molecule has 5 rings (SSSR count). The number of hydrogen-bond donors (Lipinski definition) is 4. The number of anilines is 6. The first-order chi connectivity index (χ1) is 23.8. The second-order valence-corrected chi connectivity index (χ2v) is 13.6. The number of ether oxygens (including phenoxy) is 2. The van der Waals surface area contributed by atoms with Crippen LogP contribution >= 0.6 is 0 Å². The van der Waals surface area contributed by atoms with Crippen molar-refractivity contribution in [3.63, 3.8) is 0 Å². The number of nitrogens with zero attached hydrogens (tertiary/aromatic N) is 8. The molecule has 4 heterocycles. The van der Waals surface area contributed by atoms with E-state index in [4.69, 9.17) is 20.9 Å². The zero-order valence-corrected chi connectivity index (χ0v) is 34.1. The van der Waals surface area contributed by atoms with E-state index in [0.29, 0.717) is 64.5 Å². The fraction of sp³-hybridized carbons (Fsp3) is 0.357. The minimum absolute atomic E-state index is 0. The van der Waals surface area contributed by atoms with E-state index >= 15 is 0 Å². The molecule has 1 unspecified atom stereocenters. The summed E-state index contributed by atoms with van der Waals surface area (Å²) in [4.78, 5) is 27.4. The molecule has 0 bridgehead atoms. The van der Waals surface area contributed by atoms with E-state index in [9.17, 15) is 25.9 Å². The largest absolute Gasteiger partial charge is 1.00 e. The quantitative estimate of drug-likeness (QED) is 0.0886. The van der Waals surface area contributed by atoms with Crippen LogP contribution in [0, 0.1) is 5.92 Å². The van der Waals surface area contributed by atoms with Gasteiger partial charge in [-0.15, -0.1) is 0 Å². The molecule has 2 aromatic rings. The summed E-state index contributed by atoms with van der Waals surface area (Å²) in [6, 6.07) is 0. The summed E-state index contributed by atoms with van der Waals surface area (Å²) < 4.78 is 83.2. The van der Waals surface area contributed by atoms with Crippen LogP contribution in [-0.4, -0.2) is 108 Å². The number of morpholine rings is 2. The van der Waals surface area contributed by atoms with Crippen LogP contribution in [0.5, 0.6) is 0 Å². The topological polar surface area (TPSA) is 293 Å². The van der Waals surface area contributed by atoms with Crippen LogP contribution in [0.15, 0.2) is 70.3 Å². The molecule has 0 amide bonds. The van der Waals surface area contributed by atoms with E-state index < -0.39 is 36.0 Å². The van der Waals surface area contributed by atoms with Gasteiger partial charge in [0.15, 0.2) is 0 Å². The summed E-state index contributed by atoms with van der Waals surface area (Å²) in [6.45, 7) is 7.53. The molecule has 24 heteroatoms. The monoisotopic (exact) mass is 776 g/mol. The van der Waals surface area contributed by atoms with Gasteiger partial charge in [-0.25, -0.2) is 16.8 Å². The summed E-state index contributed by atoms with van der Waals surface area (Å²) >= 11 is 0. The van der Waals surface area contributed by atoms with Crippen LogP contribution in [-0.2, 0) is 29.7 Å². The molecule has 1 aliphatic carbocycles. The summed E-state index contributed by atoms with van der Waals surface area (Å²) in [7, 11) is -10.0. The van der Waals surface area contributed by atoms with E-state index in [-0.39, 0.29) is 101 Å². The van der Waals surface area contributed by atoms with Gasteiger partial charge in [0.2, 0.25) is 35.7 Å². The van der Waals surface area contributed by atoms with Gasteiger partial charge in [-0.05, 0) is 24.1 Å². The third-order valence-corrected chi connectivity index (χ3v) is 9.22. The molecule has 2 fully saturated rings. The van der Waals surface area contributed by atoms with Crippen LogP contribution < -0.4 is 91.0 Å². The van der Waals surface area contributed by atoms with E-state index in [0.717, 1.165) is 6.08 Å². The maximum absolute atomic E-state index is 12.3. The minimum atomic E-state index is -5.01. The third kappa shape index (κ3) is 12.3. The molecular weight excluding hydrogens is 742 g/mol. The van der Waals surface area contributed by atoms with Crippen molar-refractivity contribution in [1.29, 1.82) is 0 Å². The smallest absolute Gasteiger partial charge is 0.744 e. The number of allylic oxidation sites excluding steroid dienone is 8. The molecule has 2 saturated heterocycles. The molecule has 268 valence electrons. The molecule has 0 radical (unpaired) electrons. The van der Waals surface area contributed by atoms with Crippen LogP contribution in [0.4, 0.5) is 35.7 Å². The van der Waals surface area contributed by atoms with Gasteiger partial charge in [0, 0.05) is 48.9 Å². The van der Waals surface area contributed by atoms with Crippen molar-refractivity contribution in [2.45, 2.75) is 6.42 Å². The number of aromatic nitrogens is 6. The molecule has 3 aliphatic rings. The Balaban J connectivity index is 0.00000364. The van der Waals surface area contributed by atoms with Crippen molar-refractivity contribution in [2.75, 3.05) is 84.5 Å². The first-order valence-electron chi connectivity index (χ1n) is 15.1. The molecule has 52 heavy (non-hydrogen) atoms. The van der Waals surface area contributed by atoms with Gasteiger partial charge in [-0.1, -0.05) is 30.9 Å². The molecule has 2 aromatic heterocycles. The van der Waals surface area contributed by atoms with Gasteiger partial charge in [-0.2, -0.15) is 29.9 Å². The van der Waals surface area contributed by atoms with Gasteiger partial charge < -0.3 is 50.5 Å². The fourth-order valence-electron chi connectivity index (χ4n) is 4.91. The molecule has 0 saturated carbocycles. The van der Waals surface area contributed by atoms with Gasteiger partial charge >= 0.3 is 59.1 Å². The van der Waals surface area contributed by atoms with Crippen molar-refractivity contribution < 1.29 is 94.5 Å². The van der Waals surface area contributed by atoms with Gasteiger partial charge in [0.25, 0.3) is 0 Å². The van der Waals surface area contributed by atoms with E-state index in [1.807, 2.05) is 9.80 Å². The number of nitrogen functional groups attached to an aromatic ring is 2. The predicted octanol–water partition coefficient (Wildman–Crippen LogP) is -6.19. The van der Waals surface area contributed by atoms with Crippen LogP contribution in [0.3, 0.4) is 0 Å². The van der Waals surface area contributed by atoms with Gasteiger partial charge in [0.05, 0.1) is 31.3 Å². The standard InChI is InChI=1S/C28H36N12O8S2.2Na/c1-18(49(41,42)43)19(3-2-8-31-25-33-23(29)35-27(37-25)39-9-13-47-14-10-39)4-5-20-6-7-21(17-22(20)50(44,45)46)32-26-34-24(30)36-28(38-26)40-11-15-48-16-12-40;;/h2-5,7-8,17,20H,1,6,9-16H2,(H,41,42,43)(H,44,45,46)(H3,29,31,33,35,37)(H3,30,32,34,36,38);;/q;2*+1/p-2/b5-4+,8-2+,19-3-;;. The zero-order chi connectivity index (χ0) is 35.9. The maximum atomic E-state index is 12.3. The average Bonchev–Trinajstić information content (AvgIpc) is 3.07. The van der Waals surface area contributed by atoms with Gasteiger partial charge in [-0.3, -0.25) is 0 Å². The number of rotatable bonds is 12. The van der Waals surface area contributed by atoms with Crippen molar-refractivity contribution in [3.05, 3.63) is 70.3 Å². The molecule has 6 N–H and O–H groups in total. The maximum Gasteiger partial charge on any atom is 1.00 e. The summed E-state index contributed by atoms with van der Waals surface area (Å²) in [5, 5.41) is 5.66. The Morgan fingerprint density at radius 3 is 1.94 bits per heavy atom. The predicted molar refractivity (Wildman–Crippen MR) is 181 cm³/mol. The Labute approximate surface area is 344 Å². The van der Waals surface area contributed by atoms with E-state index in [1.165, 1.54) is 30.5 Å². The van der Waals surface area contributed by atoms with Crippen LogP contribution in [0.25, 0.3) is 0 Å². The van der Waals surface area contributed by atoms with Crippen LogP contribution in [0.2, 0.25) is 0 Å². The molecule has 0 aromatic carbocycles. The molecule has 0 spiro atoms. The third-order valence-electron chi connectivity index (χ3n) is 7.39. The molecule has 1 atom stereocenters. The first kappa shape index (κ1) is 43.4. The van der Waals surface area contributed by atoms with E-state index in [1.54, 1.807) is 6.08 Å².